The van der Waals surface area contributed by atoms with E-state index in [-0.39, 0.29) is 52.6 Å². The van der Waals surface area contributed by atoms with Crippen molar-refractivity contribution >= 4 is 33.3 Å². The first-order valence-corrected chi connectivity index (χ1v) is 10.3. The van der Waals surface area contributed by atoms with Crippen molar-refractivity contribution in [3.63, 3.8) is 0 Å². The van der Waals surface area contributed by atoms with Gasteiger partial charge in [0.1, 0.15) is 0 Å². The molecular formula is C18H16ClN2NaO6S. The van der Waals surface area contributed by atoms with Crippen LogP contribution >= 0.6 is 11.6 Å². The number of aliphatic carboxylic acids is 1. The number of fused-ring (bicyclic) bond motifs is 1. The minimum absolute atomic E-state index is 0. The van der Waals surface area contributed by atoms with Crippen molar-refractivity contribution in [1.29, 1.82) is 0 Å². The van der Waals surface area contributed by atoms with E-state index in [1.54, 1.807) is 6.07 Å². The molecule has 8 nitrogen and oxygen atoms in total. The number of benzene rings is 2. The Morgan fingerprint density at radius 1 is 1.21 bits per heavy atom. The number of sulfonamides is 1. The number of carbonyl (C=O) groups excluding carboxylic acids is 1. The minimum Gasteiger partial charge on any atom is -0.550 e. The smallest absolute Gasteiger partial charge is 0.550 e. The van der Waals surface area contributed by atoms with Gasteiger partial charge in [0.25, 0.3) is 5.69 Å². The van der Waals surface area contributed by atoms with Crippen LogP contribution in [0, 0.1) is 16.0 Å². The number of nitro groups is 1. The Morgan fingerprint density at radius 2 is 1.86 bits per heavy atom. The molecule has 1 aliphatic carbocycles. The average Bonchev–Trinajstić information content (AvgIpc) is 3.02. The molecule has 0 bridgehead atoms. The molecular weight excluding hydrogens is 431 g/mol. The molecule has 0 fully saturated rings. The van der Waals surface area contributed by atoms with E-state index in [1.165, 1.54) is 30.3 Å². The molecule has 0 aromatic heterocycles. The molecule has 1 unspecified atom stereocenters. The van der Waals surface area contributed by atoms with E-state index in [0.717, 1.165) is 0 Å². The second-order valence-electron chi connectivity index (χ2n) is 6.64. The maximum Gasteiger partial charge on any atom is 1.00 e. The topological polar surface area (TPSA) is 129 Å². The van der Waals surface area contributed by atoms with E-state index in [1.807, 2.05) is 0 Å². The molecule has 0 saturated carbocycles. The van der Waals surface area contributed by atoms with E-state index in [2.05, 4.69) is 4.72 Å². The van der Waals surface area contributed by atoms with Crippen LogP contribution in [0.15, 0.2) is 41.3 Å². The largest absolute Gasteiger partial charge is 1.00 e. The number of nitrogens with one attached hydrogen (secondary N) is 1. The quantitative estimate of drug-likeness (QED) is 0.304. The van der Waals surface area contributed by atoms with E-state index in [9.17, 15) is 28.4 Å². The zero-order chi connectivity index (χ0) is 20.5. The summed E-state index contributed by atoms with van der Waals surface area (Å²) in [5, 5.41) is 22.6. The fourth-order valence-electron chi connectivity index (χ4n) is 3.37. The second kappa shape index (κ2) is 9.55. The number of nitrogens with zero attached hydrogens (tertiary/aromatic N) is 1. The summed E-state index contributed by atoms with van der Waals surface area (Å²) in [6, 6.07) is 8.60. The Labute approximate surface area is 194 Å². The van der Waals surface area contributed by atoms with Crippen LogP contribution in [-0.4, -0.2) is 25.9 Å². The number of hydrogen-bond acceptors (Lipinski definition) is 6. The number of carboxylic acids is 1. The Balaban J connectivity index is 0.00000300. The van der Waals surface area contributed by atoms with Gasteiger partial charge in [-0.3, -0.25) is 10.1 Å². The Hall–Kier alpha value is -1.49. The van der Waals surface area contributed by atoms with Crippen LogP contribution in [0.5, 0.6) is 0 Å². The molecule has 2 aromatic carbocycles. The number of halogens is 1. The van der Waals surface area contributed by atoms with Crippen molar-refractivity contribution in [2.24, 2.45) is 5.92 Å². The number of rotatable bonds is 7. The molecule has 2 aromatic rings. The minimum atomic E-state index is -3.73. The van der Waals surface area contributed by atoms with Crippen LogP contribution in [0.1, 0.15) is 16.7 Å². The van der Waals surface area contributed by atoms with Gasteiger partial charge in [-0.15, -0.1) is 0 Å². The van der Waals surface area contributed by atoms with Gasteiger partial charge in [0.15, 0.2) is 0 Å². The van der Waals surface area contributed by atoms with E-state index >= 15 is 0 Å². The van der Waals surface area contributed by atoms with Gasteiger partial charge in [-0.05, 0) is 54.2 Å². The van der Waals surface area contributed by atoms with Crippen LogP contribution in [0.2, 0.25) is 5.02 Å². The third-order valence-electron chi connectivity index (χ3n) is 4.61. The molecule has 0 saturated heterocycles. The SMILES string of the molecule is O=C([O-])Cc1cc2c(c([N+](=O)[O-])c1)CC(CNS(=O)(=O)c1ccc(Cl)cc1)C2.[Na+]. The Morgan fingerprint density at radius 3 is 2.45 bits per heavy atom. The summed E-state index contributed by atoms with van der Waals surface area (Å²) in [5.41, 5.74) is 1.34. The van der Waals surface area contributed by atoms with Gasteiger partial charge in [0.05, 0.1) is 9.82 Å². The molecule has 1 aliphatic rings. The van der Waals surface area contributed by atoms with Gasteiger partial charge in [0.2, 0.25) is 10.0 Å². The van der Waals surface area contributed by atoms with Crippen molar-refractivity contribution < 1.29 is 52.8 Å². The molecule has 148 valence electrons. The molecule has 0 amide bonds. The first-order valence-electron chi connectivity index (χ1n) is 8.40. The average molecular weight is 447 g/mol. The van der Waals surface area contributed by atoms with Gasteiger partial charge in [-0.1, -0.05) is 17.7 Å². The van der Waals surface area contributed by atoms with E-state index < -0.39 is 27.3 Å². The summed E-state index contributed by atoms with van der Waals surface area (Å²) in [6.45, 7) is 0.104. The van der Waals surface area contributed by atoms with Crippen LogP contribution in [-0.2, 0) is 34.1 Å². The summed E-state index contributed by atoms with van der Waals surface area (Å²) in [6.07, 6.45) is 0.336. The Bertz CT molecular complexity index is 1040. The van der Waals surface area contributed by atoms with Crippen molar-refractivity contribution in [3.05, 3.63) is 68.2 Å². The first kappa shape index (κ1) is 23.8. The zero-order valence-corrected chi connectivity index (χ0v) is 19.1. The molecule has 0 aliphatic heterocycles. The Kier molecular flexibility index (Phi) is 7.83. The van der Waals surface area contributed by atoms with Crippen LogP contribution in [0.25, 0.3) is 0 Å². The van der Waals surface area contributed by atoms with E-state index in [4.69, 9.17) is 11.6 Å². The van der Waals surface area contributed by atoms with Gasteiger partial charge in [-0.2, -0.15) is 0 Å². The second-order valence-corrected chi connectivity index (χ2v) is 8.84. The predicted octanol–water partition coefficient (Wildman–Crippen LogP) is -1.76. The maximum absolute atomic E-state index is 12.4. The summed E-state index contributed by atoms with van der Waals surface area (Å²) in [7, 11) is -3.73. The fourth-order valence-corrected chi connectivity index (χ4v) is 4.61. The monoisotopic (exact) mass is 446 g/mol. The number of hydrogen-bond donors (Lipinski definition) is 1. The van der Waals surface area contributed by atoms with Crippen molar-refractivity contribution in [1.82, 2.24) is 4.72 Å². The van der Waals surface area contributed by atoms with Gasteiger partial charge in [0, 0.05) is 35.6 Å². The molecule has 29 heavy (non-hydrogen) atoms. The molecule has 3 rings (SSSR count). The predicted molar refractivity (Wildman–Crippen MR) is 99.3 cm³/mol. The molecule has 1 atom stereocenters. The normalized spacial score (nSPS) is 15.4. The molecule has 0 spiro atoms. The van der Waals surface area contributed by atoms with Gasteiger partial charge in [-0.25, -0.2) is 13.1 Å². The summed E-state index contributed by atoms with van der Waals surface area (Å²) in [5.74, 6) is -1.49. The van der Waals surface area contributed by atoms with Gasteiger partial charge >= 0.3 is 29.6 Å². The van der Waals surface area contributed by atoms with Gasteiger partial charge < -0.3 is 9.90 Å². The third kappa shape index (κ3) is 5.78. The van der Waals surface area contributed by atoms with Crippen molar-refractivity contribution in [3.8, 4) is 0 Å². The number of carbonyl (C=O) groups is 1. The van der Waals surface area contributed by atoms with Crippen molar-refractivity contribution in [2.45, 2.75) is 24.2 Å². The van der Waals surface area contributed by atoms with Crippen LogP contribution in [0.4, 0.5) is 5.69 Å². The standard InChI is InChI=1S/C18H17ClN2O6S.Na/c19-14-1-3-15(4-2-14)28(26,27)20-10-12-6-13-5-11(9-18(22)23)8-17(21(24)25)16(13)7-12;/h1-5,8,12,20H,6-7,9-10H2,(H,22,23);/q;+1/p-1. The number of nitro benzene ring substituents is 1. The number of carboxylic acid groups (broad SMARTS) is 1. The maximum atomic E-state index is 12.4. The van der Waals surface area contributed by atoms with Crippen LogP contribution < -0.4 is 39.4 Å². The first-order chi connectivity index (χ1) is 13.2. The molecule has 11 heteroatoms. The van der Waals surface area contributed by atoms with Crippen molar-refractivity contribution in [2.75, 3.05) is 6.54 Å². The molecule has 0 heterocycles. The summed E-state index contributed by atoms with van der Waals surface area (Å²) >= 11 is 5.77. The summed E-state index contributed by atoms with van der Waals surface area (Å²) in [4.78, 5) is 21.7. The van der Waals surface area contributed by atoms with Crippen LogP contribution in [0.3, 0.4) is 0 Å². The zero-order valence-electron chi connectivity index (χ0n) is 15.6. The van der Waals surface area contributed by atoms with E-state index in [0.29, 0.717) is 34.6 Å². The summed E-state index contributed by atoms with van der Waals surface area (Å²) < 4.78 is 27.3. The molecule has 0 radical (unpaired) electrons. The third-order valence-corrected chi connectivity index (χ3v) is 6.30. The molecule has 1 N–H and O–H groups in total. The fraction of sp³-hybridized carbons (Fsp3) is 0.278.